The summed E-state index contributed by atoms with van der Waals surface area (Å²) in [6.45, 7) is 4.31. The molecule has 0 aliphatic carbocycles. The summed E-state index contributed by atoms with van der Waals surface area (Å²) in [6, 6.07) is 4.81. The Balaban J connectivity index is 2.16. The van der Waals surface area contributed by atoms with E-state index >= 15 is 0 Å². The van der Waals surface area contributed by atoms with Gasteiger partial charge < -0.3 is 10.6 Å². The van der Waals surface area contributed by atoms with Crippen LogP contribution in [0.5, 0.6) is 0 Å². The molecule has 1 heterocycles. The van der Waals surface area contributed by atoms with Crippen molar-refractivity contribution < 1.29 is 13.2 Å². The number of rotatable bonds is 7. The van der Waals surface area contributed by atoms with E-state index in [2.05, 4.69) is 10.6 Å². The van der Waals surface area contributed by atoms with Crippen LogP contribution in [-0.2, 0) is 10.0 Å². The first-order chi connectivity index (χ1) is 11.5. The van der Waals surface area contributed by atoms with Crippen molar-refractivity contribution >= 4 is 15.9 Å². The van der Waals surface area contributed by atoms with Gasteiger partial charge in [0.05, 0.1) is 4.90 Å². The van der Waals surface area contributed by atoms with Gasteiger partial charge in [-0.2, -0.15) is 4.31 Å². The molecule has 0 spiro atoms. The van der Waals surface area contributed by atoms with Gasteiger partial charge in [0.1, 0.15) is 0 Å². The van der Waals surface area contributed by atoms with Crippen molar-refractivity contribution in [3.05, 3.63) is 29.3 Å². The van der Waals surface area contributed by atoms with Crippen molar-refractivity contribution in [2.75, 3.05) is 33.2 Å². The maximum atomic E-state index is 12.8. The van der Waals surface area contributed by atoms with Gasteiger partial charge in [0.25, 0.3) is 5.91 Å². The second-order valence-electron chi connectivity index (χ2n) is 6.15. The SMILES string of the molecule is CNCCCNC(=O)c1cc(S(=O)(=O)N2CCCCC2)ccc1C. The van der Waals surface area contributed by atoms with Crippen LogP contribution in [0.2, 0.25) is 0 Å². The van der Waals surface area contributed by atoms with Crippen LogP contribution >= 0.6 is 0 Å². The molecule has 1 aliphatic heterocycles. The van der Waals surface area contributed by atoms with Crippen LogP contribution in [0.15, 0.2) is 23.1 Å². The van der Waals surface area contributed by atoms with Gasteiger partial charge >= 0.3 is 0 Å². The van der Waals surface area contributed by atoms with E-state index in [1.165, 1.54) is 10.4 Å². The number of piperidine rings is 1. The van der Waals surface area contributed by atoms with Crippen LogP contribution in [0.1, 0.15) is 41.6 Å². The molecule has 1 aromatic rings. The number of benzene rings is 1. The van der Waals surface area contributed by atoms with Crippen LogP contribution in [0.25, 0.3) is 0 Å². The summed E-state index contributed by atoms with van der Waals surface area (Å²) in [5.74, 6) is -0.223. The normalized spacial score (nSPS) is 16.1. The number of carbonyl (C=O) groups is 1. The molecule has 0 unspecified atom stereocenters. The minimum atomic E-state index is -3.52. The van der Waals surface area contributed by atoms with Crippen molar-refractivity contribution in [2.45, 2.75) is 37.5 Å². The number of sulfonamides is 1. The first-order valence-electron chi connectivity index (χ1n) is 8.50. The van der Waals surface area contributed by atoms with Gasteiger partial charge in [-0.25, -0.2) is 8.42 Å². The lowest BCUT2D eigenvalue weighted by atomic mass is 10.1. The van der Waals surface area contributed by atoms with E-state index in [0.717, 1.165) is 37.8 Å². The van der Waals surface area contributed by atoms with Gasteiger partial charge in [-0.05, 0) is 57.5 Å². The van der Waals surface area contributed by atoms with Crippen LogP contribution in [0.3, 0.4) is 0 Å². The topological polar surface area (TPSA) is 78.5 Å². The second kappa shape index (κ2) is 8.60. The van der Waals surface area contributed by atoms with E-state index in [1.54, 1.807) is 12.1 Å². The molecule has 0 saturated carbocycles. The summed E-state index contributed by atoms with van der Waals surface area (Å²) >= 11 is 0. The van der Waals surface area contributed by atoms with Crippen LogP contribution in [-0.4, -0.2) is 51.9 Å². The molecule has 1 fully saturated rings. The summed E-state index contributed by atoms with van der Waals surface area (Å²) in [6.07, 6.45) is 3.68. The average Bonchev–Trinajstić information content (AvgIpc) is 2.59. The predicted octanol–water partition coefficient (Wildman–Crippen LogP) is 1.51. The maximum absolute atomic E-state index is 12.8. The Bertz CT molecular complexity index is 668. The van der Waals surface area contributed by atoms with Gasteiger partial charge in [0.15, 0.2) is 0 Å². The predicted molar refractivity (Wildman–Crippen MR) is 94.7 cm³/mol. The number of hydrogen-bond donors (Lipinski definition) is 2. The molecule has 7 heteroatoms. The molecule has 6 nitrogen and oxygen atoms in total. The van der Waals surface area contributed by atoms with Crippen molar-refractivity contribution in [1.29, 1.82) is 0 Å². The standard InChI is InChI=1S/C17H27N3O3S/c1-14-7-8-15(24(22,23)20-11-4-3-5-12-20)13-16(14)17(21)19-10-6-9-18-2/h7-8,13,18H,3-6,9-12H2,1-2H3,(H,19,21). The second-order valence-corrected chi connectivity index (χ2v) is 8.09. The van der Waals surface area contributed by atoms with Crippen molar-refractivity contribution in [3.63, 3.8) is 0 Å². The van der Waals surface area contributed by atoms with Gasteiger partial charge in [-0.15, -0.1) is 0 Å². The molecule has 1 saturated heterocycles. The molecular formula is C17H27N3O3S. The highest BCUT2D eigenvalue weighted by molar-refractivity contribution is 7.89. The molecule has 0 radical (unpaired) electrons. The Morgan fingerprint density at radius 3 is 2.54 bits per heavy atom. The highest BCUT2D eigenvalue weighted by Crippen LogP contribution is 2.22. The van der Waals surface area contributed by atoms with Crippen molar-refractivity contribution in [1.82, 2.24) is 14.9 Å². The van der Waals surface area contributed by atoms with Gasteiger partial charge in [-0.3, -0.25) is 4.79 Å². The Labute approximate surface area is 144 Å². The molecule has 0 bridgehead atoms. The number of aryl methyl sites for hydroxylation is 1. The molecule has 1 aromatic carbocycles. The molecule has 2 N–H and O–H groups in total. The van der Waals surface area contributed by atoms with Crippen molar-refractivity contribution in [3.8, 4) is 0 Å². The summed E-state index contributed by atoms with van der Waals surface area (Å²) in [5, 5.41) is 5.87. The van der Waals surface area contributed by atoms with E-state index in [0.29, 0.717) is 25.2 Å². The summed E-state index contributed by atoms with van der Waals surface area (Å²) in [5.41, 5.74) is 1.20. The lowest BCUT2D eigenvalue weighted by Crippen LogP contribution is -2.35. The summed E-state index contributed by atoms with van der Waals surface area (Å²) < 4.78 is 27.0. The monoisotopic (exact) mass is 353 g/mol. The summed E-state index contributed by atoms with van der Waals surface area (Å²) in [7, 11) is -1.66. The van der Waals surface area contributed by atoms with Crippen LogP contribution in [0, 0.1) is 6.92 Å². The minimum absolute atomic E-state index is 0.204. The quantitative estimate of drug-likeness (QED) is 0.729. The number of carbonyl (C=O) groups excluding carboxylic acids is 1. The van der Waals surface area contributed by atoms with E-state index in [4.69, 9.17) is 0 Å². The molecular weight excluding hydrogens is 326 g/mol. The largest absolute Gasteiger partial charge is 0.352 e. The zero-order valence-corrected chi connectivity index (χ0v) is 15.3. The van der Waals surface area contributed by atoms with E-state index in [9.17, 15) is 13.2 Å². The lowest BCUT2D eigenvalue weighted by molar-refractivity contribution is 0.0952. The highest BCUT2D eigenvalue weighted by Gasteiger charge is 2.26. The van der Waals surface area contributed by atoms with E-state index in [1.807, 2.05) is 14.0 Å². The Kier molecular flexibility index (Phi) is 6.77. The summed E-state index contributed by atoms with van der Waals surface area (Å²) in [4.78, 5) is 12.5. The molecule has 0 aromatic heterocycles. The smallest absolute Gasteiger partial charge is 0.251 e. The van der Waals surface area contributed by atoms with Crippen LogP contribution < -0.4 is 10.6 Å². The number of amides is 1. The number of nitrogens with zero attached hydrogens (tertiary/aromatic N) is 1. The van der Waals surface area contributed by atoms with Crippen molar-refractivity contribution in [2.24, 2.45) is 0 Å². The molecule has 1 aliphatic rings. The minimum Gasteiger partial charge on any atom is -0.352 e. The molecule has 134 valence electrons. The highest BCUT2D eigenvalue weighted by atomic mass is 32.2. The maximum Gasteiger partial charge on any atom is 0.251 e. The Morgan fingerprint density at radius 1 is 1.17 bits per heavy atom. The molecule has 24 heavy (non-hydrogen) atoms. The zero-order valence-electron chi connectivity index (χ0n) is 14.5. The number of nitrogens with one attached hydrogen (secondary N) is 2. The third-order valence-electron chi connectivity index (χ3n) is 4.30. The molecule has 1 amide bonds. The van der Waals surface area contributed by atoms with Gasteiger partial charge in [0.2, 0.25) is 10.0 Å². The fraction of sp³-hybridized carbons (Fsp3) is 0.588. The first-order valence-corrected chi connectivity index (χ1v) is 9.94. The van der Waals surface area contributed by atoms with E-state index in [-0.39, 0.29) is 10.8 Å². The average molecular weight is 353 g/mol. The van der Waals surface area contributed by atoms with Gasteiger partial charge in [0, 0.05) is 25.2 Å². The fourth-order valence-electron chi connectivity index (χ4n) is 2.82. The van der Waals surface area contributed by atoms with E-state index < -0.39 is 10.0 Å². The van der Waals surface area contributed by atoms with Gasteiger partial charge in [-0.1, -0.05) is 12.5 Å². The molecule has 2 rings (SSSR count). The lowest BCUT2D eigenvalue weighted by Gasteiger charge is -2.26. The third kappa shape index (κ3) is 4.55. The zero-order chi connectivity index (χ0) is 17.6. The third-order valence-corrected chi connectivity index (χ3v) is 6.19. The molecule has 0 atom stereocenters. The Morgan fingerprint density at radius 2 is 1.88 bits per heavy atom. The Hall–Kier alpha value is -1.44. The number of hydrogen-bond acceptors (Lipinski definition) is 4. The first kappa shape index (κ1) is 18.9. The fourth-order valence-corrected chi connectivity index (χ4v) is 4.37. The van der Waals surface area contributed by atoms with Crippen LogP contribution in [0.4, 0.5) is 0 Å².